The topological polar surface area (TPSA) is 198 Å². The van der Waals surface area contributed by atoms with Gasteiger partial charge in [0.25, 0.3) is 0 Å². The fourth-order valence-corrected chi connectivity index (χ4v) is 3.73. The number of aliphatic carboxylic acids is 1. The van der Waals surface area contributed by atoms with E-state index < -0.39 is 42.0 Å². The summed E-state index contributed by atoms with van der Waals surface area (Å²) in [6.45, 7) is 4.12. The average Bonchev–Trinajstić information content (AvgIpc) is 2.82. The fraction of sp³-hybridized carbons (Fsp3) is 0.720. The summed E-state index contributed by atoms with van der Waals surface area (Å²) in [5, 5.41) is 19.4. The highest BCUT2D eigenvalue weighted by atomic mass is 16.6. The zero-order valence-corrected chi connectivity index (χ0v) is 22.3. The van der Waals surface area contributed by atoms with E-state index in [1.807, 2.05) is 6.08 Å². The highest BCUT2D eigenvalue weighted by Gasteiger charge is 2.28. The van der Waals surface area contributed by atoms with Gasteiger partial charge in [0, 0.05) is 25.9 Å². The summed E-state index contributed by atoms with van der Waals surface area (Å²) in [5.41, 5.74) is 4.97. The van der Waals surface area contributed by atoms with Gasteiger partial charge in [0.15, 0.2) is 0 Å². The number of hydrogen-bond donors (Lipinski definition) is 6. The number of carboxylic acid groups (broad SMARTS) is 1. The number of nitrogens with two attached hydrogens (primary N) is 1. The molecule has 0 spiro atoms. The number of carbonyl (C=O) groups excluding carboxylic acids is 4. The molecule has 0 fully saturated rings. The second kappa shape index (κ2) is 18.8. The molecule has 0 aromatic rings. The van der Waals surface area contributed by atoms with Crippen molar-refractivity contribution < 1.29 is 38.6 Å². The summed E-state index contributed by atoms with van der Waals surface area (Å²) in [4.78, 5) is 59.2. The summed E-state index contributed by atoms with van der Waals surface area (Å²) >= 11 is 0. The van der Waals surface area contributed by atoms with Crippen molar-refractivity contribution in [2.45, 2.75) is 83.4 Å². The number of carbonyl (C=O) groups is 5. The lowest BCUT2D eigenvalue weighted by atomic mass is 10.0. The molecule has 216 valence electrons. The van der Waals surface area contributed by atoms with Gasteiger partial charge in [-0.1, -0.05) is 26.0 Å². The summed E-state index contributed by atoms with van der Waals surface area (Å²) in [6, 6.07) is -2.83. The molecule has 0 aliphatic heterocycles. The Hall–Kier alpha value is -3.35. The molecule has 1 rings (SSSR count). The average molecular weight is 542 g/mol. The quantitative estimate of drug-likeness (QED) is 0.124. The van der Waals surface area contributed by atoms with Gasteiger partial charge in [-0.3, -0.25) is 9.59 Å². The number of ether oxygens (including phenoxy) is 2. The molecule has 0 heterocycles. The molecule has 1 aliphatic rings. The van der Waals surface area contributed by atoms with Crippen molar-refractivity contribution in [1.29, 1.82) is 0 Å². The van der Waals surface area contributed by atoms with E-state index in [0.29, 0.717) is 12.8 Å². The number of amides is 5. The van der Waals surface area contributed by atoms with Gasteiger partial charge >= 0.3 is 18.1 Å². The van der Waals surface area contributed by atoms with Crippen molar-refractivity contribution in [2.75, 3.05) is 26.3 Å². The third-order valence-corrected chi connectivity index (χ3v) is 5.82. The molecule has 0 radical (unpaired) electrons. The minimum Gasteiger partial charge on any atom is -0.480 e. The first-order valence-electron chi connectivity index (χ1n) is 13.1. The van der Waals surface area contributed by atoms with Gasteiger partial charge in [0.2, 0.25) is 11.8 Å². The number of urea groups is 1. The maximum atomic E-state index is 12.7. The fourth-order valence-electron chi connectivity index (χ4n) is 3.73. The first kappa shape index (κ1) is 32.7. The van der Waals surface area contributed by atoms with Gasteiger partial charge in [-0.05, 0) is 44.4 Å². The molecule has 13 nitrogen and oxygen atoms in total. The van der Waals surface area contributed by atoms with Crippen LogP contribution in [-0.2, 0) is 23.9 Å². The predicted octanol–water partition coefficient (Wildman–Crippen LogP) is 1.17. The van der Waals surface area contributed by atoms with E-state index in [4.69, 9.17) is 15.2 Å². The molecular weight excluding hydrogens is 498 g/mol. The van der Waals surface area contributed by atoms with Crippen molar-refractivity contribution >= 4 is 29.9 Å². The van der Waals surface area contributed by atoms with Crippen LogP contribution < -0.4 is 27.0 Å². The molecule has 3 atom stereocenters. The van der Waals surface area contributed by atoms with Crippen molar-refractivity contribution in [2.24, 2.45) is 11.7 Å². The van der Waals surface area contributed by atoms with Crippen LogP contribution in [0.4, 0.5) is 9.59 Å². The lowest BCUT2D eigenvalue weighted by Gasteiger charge is -2.24. The Morgan fingerprint density at radius 1 is 1.03 bits per heavy atom. The number of hydrogen-bond acceptors (Lipinski definition) is 7. The van der Waals surface area contributed by atoms with E-state index in [9.17, 15) is 29.1 Å². The second-order valence-corrected chi connectivity index (χ2v) is 9.43. The zero-order chi connectivity index (χ0) is 28.3. The van der Waals surface area contributed by atoms with Crippen LogP contribution >= 0.6 is 0 Å². The van der Waals surface area contributed by atoms with Crippen LogP contribution in [0.5, 0.6) is 0 Å². The standard InChI is InChI=1S/C25H43N5O8/c1-17(2)21(22(32)29-19(23(33)34)11-8-13-27-24(26)35)30-20(31)12-15-37-16-14-28-25(36)38-18-9-6-4-3-5-7-10-18/h4,6,17-19,21H,3,5,7-16H2,1-2H3,(H,28,36)(H,29,32)(H,30,31)(H,33,34)(H3,26,27,35)/b6-4+/t18?,19-,21?/m0/s1. The lowest BCUT2D eigenvalue weighted by molar-refractivity contribution is -0.142. The van der Waals surface area contributed by atoms with Crippen LogP contribution in [0, 0.1) is 5.92 Å². The summed E-state index contributed by atoms with van der Waals surface area (Å²) in [7, 11) is 0. The molecule has 13 heteroatoms. The van der Waals surface area contributed by atoms with Crippen molar-refractivity contribution in [3.8, 4) is 0 Å². The van der Waals surface area contributed by atoms with Crippen LogP contribution in [0.1, 0.15) is 65.2 Å². The minimum absolute atomic E-state index is 0.0174. The molecule has 0 bridgehead atoms. The summed E-state index contributed by atoms with van der Waals surface area (Å²) in [6.07, 6.45) is 8.57. The highest BCUT2D eigenvalue weighted by Crippen LogP contribution is 2.15. The zero-order valence-electron chi connectivity index (χ0n) is 22.3. The molecule has 0 aromatic heterocycles. The normalized spacial score (nSPS) is 17.7. The van der Waals surface area contributed by atoms with E-state index >= 15 is 0 Å². The molecule has 5 amide bonds. The third kappa shape index (κ3) is 15.0. The maximum absolute atomic E-state index is 12.7. The van der Waals surface area contributed by atoms with E-state index in [-0.39, 0.29) is 51.2 Å². The Balaban J connectivity index is 2.31. The number of primary amides is 1. The number of carboxylic acids is 1. The SMILES string of the molecule is CC(C)C(NC(=O)CCOCCNC(=O)OC1C/C=C/CCCC1)C(=O)N[C@@H](CCCNC(N)=O)C(=O)O. The Morgan fingerprint density at radius 3 is 2.47 bits per heavy atom. The molecule has 1 aliphatic carbocycles. The molecule has 0 saturated carbocycles. The first-order valence-corrected chi connectivity index (χ1v) is 13.1. The van der Waals surface area contributed by atoms with Crippen LogP contribution in [0.25, 0.3) is 0 Å². The van der Waals surface area contributed by atoms with E-state index in [1.165, 1.54) is 0 Å². The number of allylic oxidation sites excluding steroid dienone is 1. The van der Waals surface area contributed by atoms with Gasteiger partial charge < -0.3 is 41.6 Å². The van der Waals surface area contributed by atoms with Crippen LogP contribution in [0.3, 0.4) is 0 Å². The highest BCUT2D eigenvalue weighted by molar-refractivity contribution is 5.90. The molecule has 0 aromatic carbocycles. The Labute approximate surface area is 223 Å². The van der Waals surface area contributed by atoms with Crippen molar-refractivity contribution in [1.82, 2.24) is 21.3 Å². The van der Waals surface area contributed by atoms with Gasteiger partial charge in [-0.15, -0.1) is 0 Å². The van der Waals surface area contributed by atoms with Gasteiger partial charge in [0.1, 0.15) is 18.2 Å². The predicted molar refractivity (Wildman–Crippen MR) is 139 cm³/mol. The summed E-state index contributed by atoms with van der Waals surface area (Å²) in [5.74, 6) is -2.57. The largest absolute Gasteiger partial charge is 0.480 e. The molecule has 2 unspecified atom stereocenters. The third-order valence-electron chi connectivity index (χ3n) is 5.82. The Bertz CT molecular complexity index is 805. The summed E-state index contributed by atoms with van der Waals surface area (Å²) < 4.78 is 10.8. The molecular formula is C25H43N5O8. The Morgan fingerprint density at radius 2 is 1.79 bits per heavy atom. The minimum atomic E-state index is -1.22. The van der Waals surface area contributed by atoms with Crippen LogP contribution in [0.2, 0.25) is 0 Å². The van der Waals surface area contributed by atoms with E-state index in [0.717, 1.165) is 25.7 Å². The number of rotatable bonds is 16. The van der Waals surface area contributed by atoms with Gasteiger partial charge in [-0.25, -0.2) is 14.4 Å². The Kier molecular flexibility index (Phi) is 16.2. The van der Waals surface area contributed by atoms with Crippen LogP contribution in [0.15, 0.2) is 12.2 Å². The lowest BCUT2D eigenvalue weighted by Crippen LogP contribution is -2.53. The van der Waals surface area contributed by atoms with Crippen molar-refractivity contribution in [3.63, 3.8) is 0 Å². The number of nitrogens with one attached hydrogen (secondary N) is 4. The van der Waals surface area contributed by atoms with E-state index in [2.05, 4.69) is 27.3 Å². The van der Waals surface area contributed by atoms with E-state index in [1.54, 1.807) is 13.8 Å². The maximum Gasteiger partial charge on any atom is 0.407 e. The second-order valence-electron chi connectivity index (χ2n) is 9.43. The smallest absolute Gasteiger partial charge is 0.407 e. The van der Waals surface area contributed by atoms with Crippen molar-refractivity contribution in [3.05, 3.63) is 12.2 Å². The first-order chi connectivity index (χ1) is 18.1. The monoisotopic (exact) mass is 541 g/mol. The molecule has 0 saturated heterocycles. The molecule has 7 N–H and O–H groups in total. The number of alkyl carbamates (subject to hydrolysis) is 1. The molecule has 38 heavy (non-hydrogen) atoms. The van der Waals surface area contributed by atoms with Crippen LogP contribution in [-0.4, -0.2) is 79.5 Å². The van der Waals surface area contributed by atoms with Gasteiger partial charge in [0.05, 0.1) is 13.2 Å². The van der Waals surface area contributed by atoms with Gasteiger partial charge in [-0.2, -0.15) is 0 Å².